The molecule has 2 aromatic rings. The molecule has 0 aliphatic carbocycles. The number of carboxylic acids is 1. The molecule has 0 saturated carbocycles. The highest BCUT2D eigenvalue weighted by atomic mass is 16.4. The zero-order valence-corrected chi connectivity index (χ0v) is 14.2. The fourth-order valence-corrected chi connectivity index (χ4v) is 3.12. The molecule has 1 aromatic carbocycles. The first kappa shape index (κ1) is 17.7. The molecule has 1 aliphatic heterocycles. The van der Waals surface area contributed by atoms with E-state index in [1.54, 1.807) is 17.0 Å². The number of nitrogens with zero attached hydrogens (tertiary/aromatic N) is 2. The molecule has 2 amide bonds. The topological polar surface area (TPSA) is 91.1 Å². The van der Waals surface area contributed by atoms with Crippen LogP contribution in [0.1, 0.15) is 17.7 Å². The number of benzene rings is 1. The molecule has 1 saturated heterocycles. The first-order chi connectivity index (χ1) is 12.5. The van der Waals surface area contributed by atoms with Crippen molar-refractivity contribution in [3.05, 3.63) is 60.1 Å². The highest BCUT2D eigenvalue weighted by Gasteiger charge is 2.37. The van der Waals surface area contributed by atoms with Gasteiger partial charge >= 0.3 is 5.97 Å². The van der Waals surface area contributed by atoms with Gasteiger partial charge in [0.2, 0.25) is 11.8 Å². The summed E-state index contributed by atoms with van der Waals surface area (Å²) in [6.07, 6.45) is 1.62. The van der Waals surface area contributed by atoms with Crippen molar-refractivity contribution in [1.82, 2.24) is 9.80 Å². The minimum absolute atomic E-state index is 0.0877. The maximum atomic E-state index is 12.8. The molecule has 26 heavy (non-hydrogen) atoms. The van der Waals surface area contributed by atoms with E-state index in [0.717, 1.165) is 5.56 Å². The standard InChI is InChI=1S/C19H20N2O5/c22-17-9-15(11-20(17)12-16-7-4-8-26-16)19(25)21(13-18(23)24)10-14-5-2-1-3-6-14/h1-8,15H,9-13H2,(H,23,24)/t15-/m1/s1. The zero-order chi connectivity index (χ0) is 18.5. The van der Waals surface area contributed by atoms with Gasteiger partial charge in [0.1, 0.15) is 12.3 Å². The van der Waals surface area contributed by atoms with E-state index in [2.05, 4.69) is 0 Å². The van der Waals surface area contributed by atoms with Gasteiger partial charge in [-0.05, 0) is 17.7 Å². The second kappa shape index (κ2) is 7.86. The highest BCUT2D eigenvalue weighted by Crippen LogP contribution is 2.23. The van der Waals surface area contributed by atoms with Crippen LogP contribution in [0.4, 0.5) is 0 Å². The van der Waals surface area contributed by atoms with Gasteiger partial charge in [0, 0.05) is 19.5 Å². The van der Waals surface area contributed by atoms with Crippen LogP contribution < -0.4 is 0 Å². The summed E-state index contributed by atoms with van der Waals surface area (Å²) in [4.78, 5) is 39.1. The first-order valence-corrected chi connectivity index (χ1v) is 8.37. The third kappa shape index (κ3) is 4.30. The van der Waals surface area contributed by atoms with Crippen molar-refractivity contribution in [2.75, 3.05) is 13.1 Å². The number of likely N-dealkylation sites (tertiary alicyclic amines) is 1. The van der Waals surface area contributed by atoms with Crippen molar-refractivity contribution in [2.45, 2.75) is 19.5 Å². The van der Waals surface area contributed by atoms with Gasteiger partial charge in [-0.2, -0.15) is 0 Å². The number of carbonyl (C=O) groups is 3. The number of hydrogen-bond donors (Lipinski definition) is 1. The molecule has 2 heterocycles. The Morgan fingerprint density at radius 2 is 1.96 bits per heavy atom. The van der Waals surface area contributed by atoms with Crippen LogP contribution in [0.25, 0.3) is 0 Å². The van der Waals surface area contributed by atoms with Crippen LogP contribution in [0.3, 0.4) is 0 Å². The van der Waals surface area contributed by atoms with E-state index in [1.165, 1.54) is 11.2 Å². The van der Waals surface area contributed by atoms with Crippen LogP contribution in [-0.4, -0.2) is 45.8 Å². The fraction of sp³-hybridized carbons (Fsp3) is 0.316. The Kier molecular flexibility index (Phi) is 5.36. The van der Waals surface area contributed by atoms with Crippen molar-refractivity contribution in [3.63, 3.8) is 0 Å². The lowest BCUT2D eigenvalue weighted by atomic mass is 10.1. The van der Waals surface area contributed by atoms with Crippen molar-refractivity contribution in [2.24, 2.45) is 5.92 Å². The molecule has 7 nitrogen and oxygen atoms in total. The van der Waals surface area contributed by atoms with Crippen LogP contribution in [-0.2, 0) is 27.5 Å². The summed E-state index contributed by atoms with van der Waals surface area (Å²) in [6, 6.07) is 12.7. The number of hydrogen-bond acceptors (Lipinski definition) is 4. The Morgan fingerprint density at radius 3 is 2.62 bits per heavy atom. The quantitative estimate of drug-likeness (QED) is 0.816. The molecule has 1 atom stereocenters. The van der Waals surface area contributed by atoms with Gasteiger partial charge in [0.25, 0.3) is 0 Å². The molecule has 1 aliphatic rings. The normalized spacial score (nSPS) is 16.7. The third-order valence-corrected chi connectivity index (χ3v) is 4.34. The molecule has 136 valence electrons. The summed E-state index contributed by atoms with van der Waals surface area (Å²) in [5.74, 6) is -1.41. The summed E-state index contributed by atoms with van der Waals surface area (Å²) in [5, 5.41) is 9.15. The van der Waals surface area contributed by atoms with E-state index < -0.39 is 18.4 Å². The molecule has 0 radical (unpaired) electrons. The van der Waals surface area contributed by atoms with E-state index in [1.807, 2.05) is 30.3 Å². The minimum atomic E-state index is -1.08. The van der Waals surface area contributed by atoms with E-state index in [4.69, 9.17) is 9.52 Å². The summed E-state index contributed by atoms with van der Waals surface area (Å²) in [5.41, 5.74) is 0.846. The lowest BCUT2D eigenvalue weighted by Gasteiger charge is -2.24. The summed E-state index contributed by atoms with van der Waals surface area (Å²) in [7, 11) is 0. The van der Waals surface area contributed by atoms with Crippen molar-refractivity contribution >= 4 is 17.8 Å². The molecule has 1 fully saturated rings. The average molecular weight is 356 g/mol. The van der Waals surface area contributed by atoms with Crippen LogP contribution in [0.5, 0.6) is 0 Å². The van der Waals surface area contributed by atoms with Gasteiger partial charge in [-0.15, -0.1) is 0 Å². The molecule has 0 unspecified atom stereocenters. The largest absolute Gasteiger partial charge is 0.480 e. The fourth-order valence-electron chi connectivity index (χ4n) is 3.12. The third-order valence-electron chi connectivity index (χ3n) is 4.34. The molecule has 3 rings (SSSR count). The number of carboxylic acid groups (broad SMARTS) is 1. The van der Waals surface area contributed by atoms with Gasteiger partial charge in [-0.25, -0.2) is 0 Å². The molecule has 7 heteroatoms. The van der Waals surface area contributed by atoms with Crippen molar-refractivity contribution in [3.8, 4) is 0 Å². The summed E-state index contributed by atoms with van der Waals surface area (Å²) >= 11 is 0. The van der Waals surface area contributed by atoms with Crippen LogP contribution in [0.15, 0.2) is 53.1 Å². The predicted octanol–water partition coefficient (Wildman–Crippen LogP) is 1.74. The maximum Gasteiger partial charge on any atom is 0.323 e. The molecule has 1 N–H and O–H groups in total. The van der Waals surface area contributed by atoms with E-state index in [0.29, 0.717) is 12.3 Å². The Morgan fingerprint density at radius 1 is 1.19 bits per heavy atom. The van der Waals surface area contributed by atoms with Gasteiger partial charge in [0.15, 0.2) is 0 Å². The SMILES string of the molecule is O=C(O)CN(Cc1ccccc1)C(=O)[C@@H]1CC(=O)N(Cc2ccco2)C1. The Bertz CT molecular complexity index is 772. The van der Waals surface area contributed by atoms with E-state index in [-0.39, 0.29) is 31.3 Å². The van der Waals surface area contributed by atoms with Gasteiger partial charge in [-0.1, -0.05) is 30.3 Å². The lowest BCUT2D eigenvalue weighted by Crippen LogP contribution is -2.40. The Hall–Kier alpha value is -3.09. The number of furan rings is 1. The number of carbonyl (C=O) groups excluding carboxylic acids is 2. The lowest BCUT2D eigenvalue weighted by molar-refractivity contribution is -0.146. The van der Waals surface area contributed by atoms with Crippen LogP contribution >= 0.6 is 0 Å². The smallest absolute Gasteiger partial charge is 0.323 e. The average Bonchev–Trinajstić information content (AvgIpc) is 3.25. The van der Waals surface area contributed by atoms with E-state index >= 15 is 0 Å². The Balaban J connectivity index is 1.68. The monoisotopic (exact) mass is 356 g/mol. The van der Waals surface area contributed by atoms with Gasteiger partial charge in [-0.3, -0.25) is 14.4 Å². The number of amides is 2. The predicted molar refractivity (Wildman–Crippen MR) is 91.7 cm³/mol. The zero-order valence-electron chi connectivity index (χ0n) is 14.2. The molecule has 0 bridgehead atoms. The molecular weight excluding hydrogens is 336 g/mol. The van der Waals surface area contributed by atoms with Crippen molar-refractivity contribution in [1.29, 1.82) is 0 Å². The van der Waals surface area contributed by atoms with E-state index in [9.17, 15) is 14.4 Å². The second-order valence-electron chi connectivity index (χ2n) is 6.33. The van der Waals surface area contributed by atoms with Gasteiger partial charge < -0.3 is 19.3 Å². The molecular formula is C19H20N2O5. The van der Waals surface area contributed by atoms with Gasteiger partial charge in [0.05, 0.1) is 18.7 Å². The number of rotatable bonds is 7. The minimum Gasteiger partial charge on any atom is -0.480 e. The first-order valence-electron chi connectivity index (χ1n) is 8.37. The van der Waals surface area contributed by atoms with Crippen LogP contribution in [0, 0.1) is 5.92 Å². The molecule has 1 aromatic heterocycles. The van der Waals surface area contributed by atoms with Crippen LogP contribution in [0.2, 0.25) is 0 Å². The second-order valence-corrected chi connectivity index (χ2v) is 6.33. The summed E-state index contributed by atoms with van der Waals surface area (Å²) in [6.45, 7) is 0.391. The van der Waals surface area contributed by atoms with Crippen molar-refractivity contribution < 1.29 is 23.9 Å². The number of aliphatic carboxylic acids is 1. The summed E-state index contributed by atoms with van der Waals surface area (Å²) < 4.78 is 5.25. The Labute approximate surface area is 150 Å². The molecule has 0 spiro atoms. The highest BCUT2D eigenvalue weighted by molar-refractivity contribution is 5.90. The maximum absolute atomic E-state index is 12.8.